The largest absolute Gasteiger partial charge is 0.320 e. The fraction of sp³-hybridized carbons (Fsp3) is 0.400. The number of nitrogens with zero attached hydrogens (tertiary/aromatic N) is 1. The van der Waals surface area contributed by atoms with Crippen LogP contribution in [-0.2, 0) is 11.3 Å². The molecule has 1 aromatic carbocycles. The van der Waals surface area contributed by atoms with Gasteiger partial charge >= 0.3 is 0 Å². The molecule has 0 bridgehead atoms. The summed E-state index contributed by atoms with van der Waals surface area (Å²) < 4.78 is 0. The number of nitrogens with two attached hydrogens (primary N) is 1. The molecule has 0 saturated heterocycles. The van der Waals surface area contributed by atoms with E-state index in [0.29, 0.717) is 13.0 Å². The minimum absolute atomic E-state index is 0.0578. The van der Waals surface area contributed by atoms with E-state index in [2.05, 4.69) is 23.6 Å². The highest BCUT2D eigenvalue weighted by Gasteiger charge is 2.15. The molecule has 0 aliphatic heterocycles. The molecule has 1 aromatic rings. The number of benzene rings is 1. The number of Topliss-reactive ketones (excluding diaryl/α,β-unsaturated/α-hetero) is 1. The zero-order valence-electron chi connectivity index (χ0n) is 11.2. The predicted molar refractivity (Wildman–Crippen MR) is 75.2 cm³/mol. The van der Waals surface area contributed by atoms with Crippen LogP contribution in [0.2, 0.25) is 0 Å². The second kappa shape index (κ2) is 7.09. The number of rotatable bonds is 7. The summed E-state index contributed by atoms with van der Waals surface area (Å²) in [6, 6.07) is 9.71. The first-order valence-electron chi connectivity index (χ1n) is 6.14. The van der Waals surface area contributed by atoms with Gasteiger partial charge in [-0.05, 0) is 19.5 Å². The quantitative estimate of drug-likeness (QED) is 0.748. The molecule has 0 fully saturated rings. The van der Waals surface area contributed by atoms with Crippen LogP contribution in [0.1, 0.15) is 18.9 Å². The highest BCUT2D eigenvalue weighted by atomic mass is 16.1. The highest BCUT2D eigenvalue weighted by Crippen LogP contribution is 2.05. The maximum atomic E-state index is 11.7. The Morgan fingerprint density at radius 1 is 1.39 bits per heavy atom. The van der Waals surface area contributed by atoms with Crippen LogP contribution in [0.15, 0.2) is 42.5 Å². The van der Waals surface area contributed by atoms with Gasteiger partial charge in [0.25, 0.3) is 0 Å². The molecule has 0 heterocycles. The number of hydrogen-bond donors (Lipinski definition) is 1. The van der Waals surface area contributed by atoms with Crippen LogP contribution in [0.3, 0.4) is 0 Å². The standard InChI is InChI=1S/C15H22N2O/c1-12(2)9-15(18)14(16)11-17(3)10-13-7-5-4-6-8-13/h4-8,14H,1,9-11,16H2,2-3H3. The number of ketones is 1. The summed E-state index contributed by atoms with van der Waals surface area (Å²) in [5.41, 5.74) is 7.97. The molecule has 1 atom stereocenters. The third-order valence-electron chi connectivity index (χ3n) is 2.69. The van der Waals surface area contributed by atoms with Gasteiger partial charge in [0.15, 0.2) is 5.78 Å². The summed E-state index contributed by atoms with van der Waals surface area (Å²) in [4.78, 5) is 13.8. The van der Waals surface area contributed by atoms with Gasteiger partial charge in [-0.15, -0.1) is 0 Å². The Kier molecular flexibility index (Phi) is 5.75. The molecule has 3 nitrogen and oxygen atoms in total. The first kappa shape index (κ1) is 14.6. The maximum absolute atomic E-state index is 11.7. The fourth-order valence-electron chi connectivity index (χ4n) is 1.83. The third-order valence-corrected chi connectivity index (χ3v) is 2.69. The van der Waals surface area contributed by atoms with Crippen LogP contribution in [-0.4, -0.2) is 30.3 Å². The van der Waals surface area contributed by atoms with Crippen molar-refractivity contribution >= 4 is 5.78 Å². The van der Waals surface area contributed by atoms with Crippen LogP contribution >= 0.6 is 0 Å². The van der Waals surface area contributed by atoms with Crippen molar-refractivity contribution in [1.29, 1.82) is 0 Å². The van der Waals surface area contributed by atoms with Crippen molar-refractivity contribution in [3.05, 3.63) is 48.0 Å². The van der Waals surface area contributed by atoms with Crippen LogP contribution in [0.5, 0.6) is 0 Å². The summed E-state index contributed by atoms with van der Waals surface area (Å²) in [6.07, 6.45) is 0.375. The molecule has 0 aliphatic carbocycles. The lowest BCUT2D eigenvalue weighted by Crippen LogP contribution is -2.41. The van der Waals surface area contributed by atoms with Crippen molar-refractivity contribution in [2.75, 3.05) is 13.6 Å². The van der Waals surface area contributed by atoms with Gasteiger partial charge in [0.05, 0.1) is 6.04 Å². The minimum atomic E-state index is -0.435. The minimum Gasteiger partial charge on any atom is -0.320 e. The van der Waals surface area contributed by atoms with E-state index in [0.717, 1.165) is 12.1 Å². The number of carbonyl (C=O) groups is 1. The lowest BCUT2D eigenvalue weighted by atomic mass is 10.1. The first-order chi connectivity index (χ1) is 8.49. The molecular weight excluding hydrogens is 224 g/mol. The summed E-state index contributed by atoms with van der Waals surface area (Å²) in [6.45, 7) is 6.95. The second-order valence-corrected chi connectivity index (χ2v) is 4.89. The highest BCUT2D eigenvalue weighted by molar-refractivity contribution is 5.85. The van der Waals surface area contributed by atoms with Crippen LogP contribution in [0.4, 0.5) is 0 Å². The van der Waals surface area contributed by atoms with E-state index < -0.39 is 6.04 Å². The van der Waals surface area contributed by atoms with Crippen molar-refractivity contribution < 1.29 is 4.79 Å². The Morgan fingerprint density at radius 3 is 2.56 bits per heavy atom. The topological polar surface area (TPSA) is 46.3 Å². The molecule has 0 amide bonds. The molecule has 0 radical (unpaired) electrons. The molecule has 18 heavy (non-hydrogen) atoms. The SMILES string of the molecule is C=C(C)CC(=O)C(N)CN(C)Cc1ccccc1. The second-order valence-electron chi connectivity index (χ2n) is 4.89. The van der Waals surface area contributed by atoms with Crippen molar-refractivity contribution in [2.24, 2.45) is 5.73 Å². The van der Waals surface area contributed by atoms with Crippen molar-refractivity contribution in [1.82, 2.24) is 4.90 Å². The molecule has 0 aromatic heterocycles. The number of carbonyl (C=O) groups excluding carboxylic acids is 1. The zero-order chi connectivity index (χ0) is 13.5. The van der Waals surface area contributed by atoms with E-state index in [4.69, 9.17) is 5.73 Å². The lowest BCUT2D eigenvalue weighted by molar-refractivity contribution is -0.120. The summed E-state index contributed by atoms with van der Waals surface area (Å²) >= 11 is 0. The van der Waals surface area contributed by atoms with E-state index >= 15 is 0 Å². The molecule has 2 N–H and O–H groups in total. The number of allylic oxidation sites excluding steroid dienone is 1. The van der Waals surface area contributed by atoms with E-state index in [9.17, 15) is 4.79 Å². The van der Waals surface area contributed by atoms with Gasteiger partial charge in [0.2, 0.25) is 0 Å². The van der Waals surface area contributed by atoms with Crippen LogP contribution in [0.25, 0.3) is 0 Å². The van der Waals surface area contributed by atoms with Gasteiger partial charge in [-0.1, -0.05) is 42.5 Å². The van der Waals surface area contributed by atoms with Gasteiger partial charge in [0, 0.05) is 19.5 Å². The molecule has 3 heteroatoms. The fourth-order valence-corrected chi connectivity index (χ4v) is 1.83. The number of likely N-dealkylation sites (N-methyl/N-ethyl adjacent to an activating group) is 1. The Bertz CT molecular complexity index is 400. The van der Waals surface area contributed by atoms with Gasteiger partial charge in [-0.3, -0.25) is 4.79 Å². The Labute approximate surface area is 109 Å². The van der Waals surface area contributed by atoms with Crippen molar-refractivity contribution in [3.8, 4) is 0 Å². The van der Waals surface area contributed by atoms with E-state index in [-0.39, 0.29) is 5.78 Å². The van der Waals surface area contributed by atoms with Gasteiger partial charge < -0.3 is 10.6 Å². The maximum Gasteiger partial charge on any atom is 0.154 e. The van der Waals surface area contributed by atoms with Crippen LogP contribution < -0.4 is 5.73 Å². The van der Waals surface area contributed by atoms with E-state index in [1.165, 1.54) is 5.56 Å². The summed E-state index contributed by atoms with van der Waals surface area (Å²) in [5.74, 6) is 0.0578. The van der Waals surface area contributed by atoms with Crippen molar-refractivity contribution in [3.63, 3.8) is 0 Å². The van der Waals surface area contributed by atoms with Gasteiger partial charge in [-0.25, -0.2) is 0 Å². The summed E-state index contributed by atoms with van der Waals surface area (Å²) in [7, 11) is 1.97. The molecule has 0 aliphatic rings. The molecular formula is C15H22N2O. The molecule has 98 valence electrons. The van der Waals surface area contributed by atoms with E-state index in [1.807, 2.05) is 32.2 Å². The average Bonchev–Trinajstić information content (AvgIpc) is 2.29. The molecule has 0 saturated carbocycles. The normalized spacial score (nSPS) is 12.4. The smallest absolute Gasteiger partial charge is 0.154 e. The molecule has 1 rings (SSSR count). The van der Waals surface area contributed by atoms with Gasteiger partial charge in [0.1, 0.15) is 0 Å². The van der Waals surface area contributed by atoms with Gasteiger partial charge in [-0.2, -0.15) is 0 Å². The predicted octanol–water partition coefficient (Wildman–Crippen LogP) is 1.98. The van der Waals surface area contributed by atoms with Crippen molar-refractivity contribution in [2.45, 2.75) is 25.9 Å². The summed E-state index contributed by atoms with van der Waals surface area (Å²) in [5, 5.41) is 0. The zero-order valence-corrected chi connectivity index (χ0v) is 11.2. The Morgan fingerprint density at radius 2 is 2.00 bits per heavy atom. The lowest BCUT2D eigenvalue weighted by Gasteiger charge is -2.20. The molecule has 0 spiro atoms. The van der Waals surface area contributed by atoms with Crippen LogP contribution in [0, 0.1) is 0 Å². The van der Waals surface area contributed by atoms with E-state index in [1.54, 1.807) is 0 Å². The first-order valence-corrected chi connectivity index (χ1v) is 6.14. The molecule has 1 unspecified atom stereocenters. The third kappa shape index (κ3) is 5.25. The monoisotopic (exact) mass is 246 g/mol. The Balaban J connectivity index is 2.42. The Hall–Kier alpha value is -1.45. The average molecular weight is 246 g/mol. The number of hydrogen-bond acceptors (Lipinski definition) is 3.